The molecule has 19 heavy (non-hydrogen) atoms. The van der Waals surface area contributed by atoms with E-state index in [1.165, 1.54) is 0 Å². The first-order valence-electron chi connectivity index (χ1n) is 5.89. The summed E-state index contributed by atoms with van der Waals surface area (Å²) >= 11 is 5.92. The van der Waals surface area contributed by atoms with E-state index in [1.54, 1.807) is 6.08 Å². The van der Waals surface area contributed by atoms with Gasteiger partial charge in [-0.2, -0.15) is 0 Å². The van der Waals surface area contributed by atoms with Crippen LogP contribution in [0.5, 0.6) is 0 Å². The summed E-state index contributed by atoms with van der Waals surface area (Å²) in [6.45, 7) is 0.221. The maximum Gasteiger partial charge on any atom is 0.350 e. The van der Waals surface area contributed by atoms with E-state index in [9.17, 15) is 4.79 Å². The van der Waals surface area contributed by atoms with Crippen LogP contribution in [0.15, 0.2) is 65.7 Å². The Balaban J connectivity index is 1.95. The fraction of sp³-hybridized carbons (Fsp3) is 0.0625. The second-order valence-corrected chi connectivity index (χ2v) is 4.37. The van der Waals surface area contributed by atoms with E-state index in [0.717, 1.165) is 11.1 Å². The molecule has 0 fully saturated rings. The number of hydrogen-bond acceptors (Lipinski definition) is 2. The summed E-state index contributed by atoms with van der Waals surface area (Å²) in [5.41, 5.74) is 1.80. The van der Waals surface area contributed by atoms with E-state index >= 15 is 0 Å². The lowest BCUT2D eigenvalue weighted by Gasteiger charge is -2.04. The SMILES string of the molecule is O=C(OCc1ccccc1)/C(Cl)=C/c1ccccc1. The van der Waals surface area contributed by atoms with Crippen molar-refractivity contribution in [2.75, 3.05) is 0 Å². The van der Waals surface area contributed by atoms with Crippen molar-refractivity contribution in [1.82, 2.24) is 0 Å². The third-order valence-electron chi connectivity index (χ3n) is 2.50. The monoisotopic (exact) mass is 272 g/mol. The van der Waals surface area contributed by atoms with Gasteiger partial charge in [0.25, 0.3) is 0 Å². The van der Waals surface area contributed by atoms with Crippen molar-refractivity contribution >= 4 is 23.6 Å². The average Bonchev–Trinajstić information content (AvgIpc) is 2.47. The third-order valence-corrected chi connectivity index (χ3v) is 2.76. The standard InChI is InChI=1S/C16H13ClO2/c17-15(11-13-7-3-1-4-8-13)16(18)19-12-14-9-5-2-6-10-14/h1-11H,12H2/b15-11-. The van der Waals surface area contributed by atoms with Crippen LogP contribution in [-0.2, 0) is 16.1 Å². The highest BCUT2D eigenvalue weighted by Gasteiger charge is 2.08. The van der Waals surface area contributed by atoms with E-state index in [2.05, 4.69) is 0 Å². The number of rotatable bonds is 4. The second-order valence-electron chi connectivity index (χ2n) is 3.96. The van der Waals surface area contributed by atoms with Crippen LogP contribution in [0.3, 0.4) is 0 Å². The molecule has 2 aromatic rings. The minimum absolute atomic E-state index is 0.0714. The molecule has 2 rings (SSSR count). The molecular formula is C16H13ClO2. The minimum Gasteiger partial charge on any atom is -0.457 e. The summed E-state index contributed by atoms with van der Waals surface area (Å²) in [6.07, 6.45) is 1.59. The van der Waals surface area contributed by atoms with E-state index in [0.29, 0.717) is 0 Å². The summed E-state index contributed by atoms with van der Waals surface area (Å²) in [7, 11) is 0. The molecule has 0 aliphatic heterocycles. The van der Waals surface area contributed by atoms with Crippen molar-refractivity contribution in [2.45, 2.75) is 6.61 Å². The van der Waals surface area contributed by atoms with Gasteiger partial charge in [0.1, 0.15) is 11.6 Å². The van der Waals surface area contributed by atoms with Gasteiger partial charge in [-0.1, -0.05) is 72.3 Å². The Morgan fingerprint density at radius 2 is 1.58 bits per heavy atom. The van der Waals surface area contributed by atoms with E-state index in [-0.39, 0.29) is 11.6 Å². The molecule has 0 saturated carbocycles. The first kappa shape index (κ1) is 13.4. The highest BCUT2D eigenvalue weighted by molar-refractivity contribution is 6.43. The van der Waals surface area contributed by atoms with Crippen molar-refractivity contribution < 1.29 is 9.53 Å². The minimum atomic E-state index is -0.519. The Hall–Kier alpha value is -2.06. The summed E-state index contributed by atoms with van der Waals surface area (Å²) in [4.78, 5) is 11.7. The van der Waals surface area contributed by atoms with Gasteiger partial charge >= 0.3 is 5.97 Å². The lowest BCUT2D eigenvalue weighted by atomic mass is 10.2. The molecule has 0 saturated heterocycles. The summed E-state index contributed by atoms with van der Waals surface area (Å²) < 4.78 is 5.12. The number of esters is 1. The molecule has 0 amide bonds. The van der Waals surface area contributed by atoms with Gasteiger partial charge in [0, 0.05) is 0 Å². The molecular weight excluding hydrogens is 260 g/mol. The van der Waals surface area contributed by atoms with Crippen LogP contribution in [0.1, 0.15) is 11.1 Å². The zero-order valence-electron chi connectivity index (χ0n) is 10.3. The maximum absolute atomic E-state index is 11.7. The van der Waals surface area contributed by atoms with Crippen molar-refractivity contribution in [3.63, 3.8) is 0 Å². The van der Waals surface area contributed by atoms with E-state index in [1.807, 2.05) is 60.7 Å². The Kier molecular flexibility index (Phi) is 4.76. The van der Waals surface area contributed by atoms with Crippen molar-refractivity contribution in [3.8, 4) is 0 Å². The highest BCUT2D eigenvalue weighted by atomic mass is 35.5. The molecule has 0 spiro atoms. The van der Waals surface area contributed by atoms with Gasteiger partial charge in [0.05, 0.1) is 0 Å². The quantitative estimate of drug-likeness (QED) is 0.621. The Morgan fingerprint density at radius 3 is 2.21 bits per heavy atom. The van der Waals surface area contributed by atoms with Crippen LogP contribution < -0.4 is 0 Å². The lowest BCUT2D eigenvalue weighted by Crippen LogP contribution is -2.04. The largest absolute Gasteiger partial charge is 0.457 e. The van der Waals surface area contributed by atoms with Gasteiger partial charge in [0.15, 0.2) is 0 Å². The Bertz CT molecular complexity index is 562. The molecule has 3 heteroatoms. The zero-order valence-corrected chi connectivity index (χ0v) is 11.0. The molecule has 0 aliphatic carbocycles. The number of ether oxygens (including phenoxy) is 1. The molecule has 0 unspecified atom stereocenters. The topological polar surface area (TPSA) is 26.3 Å². The van der Waals surface area contributed by atoms with Crippen LogP contribution in [0, 0.1) is 0 Å². The molecule has 0 radical (unpaired) electrons. The highest BCUT2D eigenvalue weighted by Crippen LogP contribution is 2.12. The first-order valence-corrected chi connectivity index (χ1v) is 6.27. The molecule has 0 bridgehead atoms. The van der Waals surface area contributed by atoms with Gasteiger partial charge in [0.2, 0.25) is 0 Å². The van der Waals surface area contributed by atoms with Crippen LogP contribution >= 0.6 is 11.6 Å². The normalized spacial score (nSPS) is 11.1. The molecule has 0 heterocycles. The van der Waals surface area contributed by atoms with Crippen LogP contribution in [0.25, 0.3) is 6.08 Å². The molecule has 2 aromatic carbocycles. The lowest BCUT2D eigenvalue weighted by molar-refractivity contribution is -0.139. The Morgan fingerprint density at radius 1 is 1.00 bits per heavy atom. The molecule has 0 aromatic heterocycles. The molecule has 96 valence electrons. The molecule has 2 nitrogen and oxygen atoms in total. The van der Waals surface area contributed by atoms with Crippen LogP contribution in [0.2, 0.25) is 0 Å². The summed E-state index contributed by atoms with van der Waals surface area (Å²) in [5.74, 6) is -0.519. The average molecular weight is 273 g/mol. The van der Waals surface area contributed by atoms with Gasteiger partial charge in [-0.3, -0.25) is 0 Å². The fourth-order valence-electron chi connectivity index (χ4n) is 1.55. The smallest absolute Gasteiger partial charge is 0.350 e. The first-order chi connectivity index (χ1) is 9.25. The predicted molar refractivity (Wildman–Crippen MR) is 76.5 cm³/mol. The van der Waals surface area contributed by atoms with Gasteiger partial charge < -0.3 is 4.74 Å². The second kappa shape index (κ2) is 6.76. The molecule has 0 aliphatic rings. The number of carbonyl (C=O) groups excluding carboxylic acids is 1. The molecule has 0 N–H and O–H groups in total. The number of hydrogen-bond donors (Lipinski definition) is 0. The maximum atomic E-state index is 11.7. The Labute approximate surface area is 117 Å². The van der Waals surface area contributed by atoms with E-state index < -0.39 is 5.97 Å². The number of benzene rings is 2. The van der Waals surface area contributed by atoms with Crippen LogP contribution in [-0.4, -0.2) is 5.97 Å². The zero-order chi connectivity index (χ0) is 13.5. The van der Waals surface area contributed by atoms with Crippen molar-refractivity contribution in [2.24, 2.45) is 0 Å². The van der Waals surface area contributed by atoms with Crippen molar-refractivity contribution in [1.29, 1.82) is 0 Å². The van der Waals surface area contributed by atoms with Crippen molar-refractivity contribution in [3.05, 3.63) is 76.8 Å². The summed E-state index contributed by atoms with van der Waals surface area (Å²) in [6, 6.07) is 18.9. The van der Waals surface area contributed by atoms with Gasteiger partial charge in [-0.15, -0.1) is 0 Å². The number of carbonyl (C=O) groups is 1. The van der Waals surface area contributed by atoms with E-state index in [4.69, 9.17) is 16.3 Å². The summed E-state index contributed by atoms with van der Waals surface area (Å²) in [5, 5.41) is 0.0714. The third kappa shape index (κ3) is 4.27. The van der Waals surface area contributed by atoms with Crippen LogP contribution in [0.4, 0.5) is 0 Å². The van der Waals surface area contributed by atoms with Gasteiger partial charge in [-0.05, 0) is 17.2 Å². The predicted octanol–water partition coefficient (Wildman–Crippen LogP) is 4.01. The fourth-order valence-corrected chi connectivity index (χ4v) is 1.73. The number of halogens is 1. The van der Waals surface area contributed by atoms with Gasteiger partial charge in [-0.25, -0.2) is 4.79 Å². The molecule has 0 atom stereocenters.